The van der Waals surface area contributed by atoms with Crippen molar-refractivity contribution in [3.63, 3.8) is 0 Å². The van der Waals surface area contributed by atoms with Crippen LogP contribution in [0.1, 0.15) is 17.3 Å². The predicted octanol–water partition coefficient (Wildman–Crippen LogP) is 2.82. The summed E-state index contributed by atoms with van der Waals surface area (Å²) in [5.41, 5.74) is 2.66. The van der Waals surface area contributed by atoms with Gasteiger partial charge in [-0.25, -0.2) is 14.8 Å². The number of imidazole rings is 1. The Morgan fingerprint density at radius 2 is 2.15 bits per heavy atom. The number of carboxylic acid groups (broad SMARTS) is 1. The Morgan fingerprint density at radius 1 is 1.30 bits per heavy atom. The van der Waals surface area contributed by atoms with Gasteiger partial charge in [0.25, 0.3) is 0 Å². The van der Waals surface area contributed by atoms with Crippen molar-refractivity contribution in [3.8, 4) is 11.4 Å². The molecule has 100 valence electrons. The highest BCUT2D eigenvalue weighted by Crippen LogP contribution is 2.24. The highest BCUT2D eigenvalue weighted by atomic mass is 16.4. The molecule has 5 heteroatoms. The first-order valence-corrected chi connectivity index (χ1v) is 6.35. The summed E-state index contributed by atoms with van der Waals surface area (Å²) in [6.07, 6.45) is 1.73. The summed E-state index contributed by atoms with van der Waals surface area (Å²) in [5, 5.41) is 9.08. The lowest BCUT2D eigenvalue weighted by molar-refractivity contribution is 0.0697. The zero-order valence-corrected chi connectivity index (χ0v) is 10.9. The van der Waals surface area contributed by atoms with Crippen molar-refractivity contribution in [3.05, 3.63) is 48.2 Å². The molecular weight excluding hydrogens is 254 g/mol. The first-order valence-electron chi connectivity index (χ1n) is 6.35. The van der Waals surface area contributed by atoms with E-state index in [4.69, 9.17) is 5.11 Å². The number of carboxylic acids is 1. The number of rotatable bonds is 3. The summed E-state index contributed by atoms with van der Waals surface area (Å²) < 4.78 is 1.98. The van der Waals surface area contributed by atoms with Crippen LogP contribution in [0, 0.1) is 0 Å². The van der Waals surface area contributed by atoms with Gasteiger partial charge in [-0.05, 0) is 31.2 Å². The van der Waals surface area contributed by atoms with Crippen LogP contribution in [0.25, 0.3) is 22.6 Å². The number of carbonyl (C=O) groups is 1. The maximum Gasteiger partial charge on any atom is 0.335 e. The van der Waals surface area contributed by atoms with Gasteiger partial charge in [0.2, 0.25) is 0 Å². The molecule has 1 aromatic carbocycles. The monoisotopic (exact) mass is 267 g/mol. The fourth-order valence-corrected chi connectivity index (χ4v) is 2.27. The number of aromatic carboxylic acids is 1. The number of pyridine rings is 1. The van der Waals surface area contributed by atoms with Gasteiger partial charge >= 0.3 is 5.97 Å². The molecule has 0 saturated heterocycles. The Kier molecular flexibility index (Phi) is 2.95. The molecule has 0 amide bonds. The third-order valence-electron chi connectivity index (χ3n) is 3.19. The third-order valence-corrected chi connectivity index (χ3v) is 3.19. The Balaban J connectivity index is 2.23. The maximum absolute atomic E-state index is 11.1. The summed E-state index contributed by atoms with van der Waals surface area (Å²) in [6, 6.07) is 10.5. The van der Waals surface area contributed by atoms with Crippen molar-refractivity contribution < 1.29 is 9.90 Å². The zero-order valence-electron chi connectivity index (χ0n) is 10.9. The quantitative estimate of drug-likeness (QED) is 0.792. The Bertz CT molecular complexity index is 793. The maximum atomic E-state index is 11.1. The van der Waals surface area contributed by atoms with Gasteiger partial charge in [-0.2, -0.15) is 0 Å². The van der Waals surface area contributed by atoms with Gasteiger partial charge in [0.05, 0.1) is 5.56 Å². The summed E-state index contributed by atoms with van der Waals surface area (Å²) >= 11 is 0. The normalized spacial score (nSPS) is 10.8. The molecule has 0 aliphatic carbocycles. The second-order valence-corrected chi connectivity index (χ2v) is 4.41. The molecule has 3 aromatic rings. The van der Waals surface area contributed by atoms with Crippen molar-refractivity contribution in [1.29, 1.82) is 0 Å². The molecule has 0 fully saturated rings. The number of fused-ring (bicyclic) bond motifs is 1. The van der Waals surface area contributed by atoms with Crippen LogP contribution in [0.3, 0.4) is 0 Å². The van der Waals surface area contributed by atoms with Crippen LogP contribution in [0.4, 0.5) is 0 Å². The predicted molar refractivity (Wildman–Crippen MR) is 75.6 cm³/mol. The number of nitrogens with zero attached hydrogens (tertiary/aromatic N) is 3. The Labute approximate surface area is 115 Å². The summed E-state index contributed by atoms with van der Waals surface area (Å²) in [4.78, 5) is 20.0. The standard InChI is InChI=1S/C15H13N3O2/c1-2-18-13(17-12-7-4-8-16-14(12)18)10-5-3-6-11(9-10)15(19)20/h3-9H,2H2,1H3,(H,19,20). The average molecular weight is 267 g/mol. The molecule has 1 N–H and O–H groups in total. The summed E-state index contributed by atoms with van der Waals surface area (Å²) in [5.74, 6) is -0.201. The number of aryl methyl sites for hydroxylation is 1. The van der Waals surface area contributed by atoms with Crippen LogP contribution in [0.15, 0.2) is 42.6 Å². The SMILES string of the molecule is CCn1c(-c2cccc(C(=O)O)c2)nc2cccnc21. The van der Waals surface area contributed by atoms with Gasteiger partial charge in [0.15, 0.2) is 5.65 Å². The van der Waals surface area contributed by atoms with E-state index in [0.29, 0.717) is 0 Å². The van der Waals surface area contributed by atoms with Gasteiger partial charge in [-0.1, -0.05) is 12.1 Å². The second kappa shape index (κ2) is 4.77. The molecule has 2 heterocycles. The molecule has 20 heavy (non-hydrogen) atoms. The van der Waals surface area contributed by atoms with Crippen LogP contribution in [0.5, 0.6) is 0 Å². The molecule has 0 radical (unpaired) electrons. The lowest BCUT2D eigenvalue weighted by Crippen LogP contribution is -2.00. The van der Waals surface area contributed by atoms with E-state index < -0.39 is 5.97 Å². The van der Waals surface area contributed by atoms with Gasteiger partial charge < -0.3 is 9.67 Å². The van der Waals surface area contributed by atoms with Crippen molar-refractivity contribution in [2.45, 2.75) is 13.5 Å². The second-order valence-electron chi connectivity index (χ2n) is 4.41. The van der Waals surface area contributed by atoms with Crippen LogP contribution in [0.2, 0.25) is 0 Å². The van der Waals surface area contributed by atoms with Gasteiger partial charge in [0, 0.05) is 18.3 Å². The number of hydrogen-bond acceptors (Lipinski definition) is 3. The average Bonchev–Trinajstić information content (AvgIpc) is 2.86. The molecule has 0 bridgehead atoms. The summed E-state index contributed by atoms with van der Waals surface area (Å²) in [6.45, 7) is 2.74. The lowest BCUT2D eigenvalue weighted by Gasteiger charge is -2.06. The summed E-state index contributed by atoms with van der Waals surface area (Å²) in [7, 11) is 0. The topological polar surface area (TPSA) is 68.0 Å². The minimum atomic E-state index is -0.941. The fourth-order valence-electron chi connectivity index (χ4n) is 2.27. The van der Waals surface area contributed by atoms with Crippen LogP contribution < -0.4 is 0 Å². The number of hydrogen-bond donors (Lipinski definition) is 1. The van der Waals surface area contributed by atoms with E-state index in [9.17, 15) is 4.79 Å². The number of aromatic nitrogens is 3. The largest absolute Gasteiger partial charge is 0.478 e. The van der Waals surface area contributed by atoms with E-state index in [1.807, 2.05) is 29.7 Å². The first kappa shape index (κ1) is 12.3. The molecule has 2 aromatic heterocycles. The Morgan fingerprint density at radius 3 is 2.90 bits per heavy atom. The fraction of sp³-hybridized carbons (Fsp3) is 0.133. The Hall–Kier alpha value is -2.69. The molecule has 3 rings (SSSR count). The first-order chi connectivity index (χ1) is 9.70. The minimum Gasteiger partial charge on any atom is -0.478 e. The zero-order chi connectivity index (χ0) is 14.1. The van der Waals surface area contributed by atoms with Crippen molar-refractivity contribution in [2.24, 2.45) is 0 Å². The van der Waals surface area contributed by atoms with E-state index in [-0.39, 0.29) is 5.56 Å². The van der Waals surface area contributed by atoms with Crippen LogP contribution in [-0.2, 0) is 6.54 Å². The third kappa shape index (κ3) is 1.93. The van der Waals surface area contributed by atoms with Gasteiger partial charge in [0.1, 0.15) is 11.3 Å². The van der Waals surface area contributed by atoms with E-state index in [0.717, 1.165) is 29.1 Å². The van der Waals surface area contributed by atoms with Crippen molar-refractivity contribution in [1.82, 2.24) is 14.5 Å². The molecule has 0 aliphatic rings. The molecule has 0 spiro atoms. The molecule has 0 aliphatic heterocycles. The molecular formula is C15H13N3O2. The smallest absolute Gasteiger partial charge is 0.335 e. The highest BCUT2D eigenvalue weighted by Gasteiger charge is 2.13. The van der Waals surface area contributed by atoms with Crippen LogP contribution in [-0.4, -0.2) is 25.6 Å². The molecule has 5 nitrogen and oxygen atoms in total. The molecule has 0 atom stereocenters. The minimum absolute atomic E-state index is 0.255. The van der Waals surface area contributed by atoms with Gasteiger partial charge in [-0.3, -0.25) is 0 Å². The van der Waals surface area contributed by atoms with Crippen molar-refractivity contribution in [2.75, 3.05) is 0 Å². The molecule has 0 unspecified atom stereocenters. The van der Waals surface area contributed by atoms with Crippen LogP contribution >= 0.6 is 0 Å². The lowest BCUT2D eigenvalue weighted by atomic mass is 10.1. The van der Waals surface area contributed by atoms with E-state index in [1.54, 1.807) is 24.4 Å². The highest BCUT2D eigenvalue weighted by molar-refractivity contribution is 5.89. The molecule has 0 saturated carbocycles. The van der Waals surface area contributed by atoms with Gasteiger partial charge in [-0.15, -0.1) is 0 Å². The van der Waals surface area contributed by atoms with Crippen molar-refractivity contribution >= 4 is 17.1 Å². The van der Waals surface area contributed by atoms with E-state index in [2.05, 4.69) is 9.97 Å². The van der Waals surface area contributed by atoms with E-state index >= 15 is 0 Å². The van der Waals surface area contributed by atoms with E-state index in [1.165, 1.54) is 0 Å². The number of benzene rings is 1.